The number of hydrogen-bond donors (Lipinski definition) is 0. The monoisotopic (exact) mass is 330 g/mol. The largest absolute Gasteiger partial charge is 0.550 e. The first kappa shape index (κ1) is 15.0. The van der Waals surface area contributed by atoms with E-state index in [2.05, 4.69) is 0 Å². The van der Waals surface area contributed by atoms with Crippen molar-refractivity contribution in [3.8, 4) is 11.5 Å². The van der Waals surface area contributed by atoms with Crippen molar-refractivity contribution >= 4 is 17.6 Å². The van der Waals surface area contributed by atoms with E-state index in [1.165, 1.54) is 12.0 Å². The fourth-order valence-corrected chi connectivity index (χ4v) is 3.98. The molecule has 7 heteroatoms. The van der Waals surface area contributed by atoms with Gasteiger partial charge in [0, 0.05) is 18.0 Å². The topological polar surface area (TPSA) is 88.1 Å². The van der Waals surface area contributed by atoms with Crippen molar-refractivity contribution in [2.75, 3.05) is 25.7 Å². The molecule has 4 atom stereocenters. The second-order valence-electron chi connectivity index (χ2n) is 6.18. The van der Waals surface area contributed by atoms with Gasteiger partial charge in [-0.25, -0.2) is 0 Å². The molecule has 3 aliphatic heterocycles. The van der Waals surface area contributed by atoms with Crippen LogP contribution in [0.3, 0.4) is 0 Å². The molecular formula is C17H16NO6-. The van der Waals surface area contributed by atoms with Crippen LogP contribution in [0, 0.1) is 11.8 Å². The predicted octanol–water partition coefficient (Wildman–Crippen LogP) is -0.260. The summed E-state index contributed by atoms with van der Waals surface area (Å²) in [6.07, 6.45) is 2.91. The molecule has 0 unspecified atom stereocenters. The lowest BCUT2D eigenvalue weighted by atomic mass is 9.77. The van der Waals surface area contributed by atoms with Gasteiger partial charge in [-0.15, -0.1) is 0 Å². The summed E-state index contributed by atoms with van der Waals surface area (Å²) in [5.41, 5.74) is -0.345. The van der Waals surface area contributed by atoms with Gasteiger partial charge in [0.25, 0.3) is 0 Å². The second-order valence-corrected chi connectivity index (χ2v) is 6.18. The molecule has 24 heavy (non-hydrogen) atoms. The normalized spacial score (nSPS) is 33.0. The fourth-order valence-electron chi connectivity index (χ4n) is 3.98. The van der Waals surface area contributed by atoms with Crippen LogP contribution in [-0.4, -0.2) is 44.3 Å². The van der Waals surface area contributed by atoms with Crippen LogP contribution < -0.4 is 19.5 Å². The summed E-state index contributed by atoms with van der Waals surface area (Å²) in [6, 6.07) is 5.12. The zero-order chi connectivity index (χ0) is 17.1. The lowest BCUT2D eigenvalue weighted by Crippen LogP contribution is -2.45. The molecule has 0 radical (unpaired) electrons. The first-order valence-corrected chi connectivity index (χ1v) is 7.62. The lowest BCUT2D eigenvalue weighted by Gasteiger charge is -2.24. The number of benzene rings is 1. The number of carboxylic acids is 1. The Morgan fingerprint density at radius 2 is 2.17 bits per heavy atom. The molecular weight excluding hydrogens is 314 g/mol. The molecule has 7 nitrogen and oxygen atoms in total. The van der Waals surface area contributed by atoms with Gasteiger partial charge in [-0.3, -0.25) is 4.79 Å². The van der Waals surface area contributed by atoms with E-state index in [1.54, 1.807) is 37.5 Å². The van der Waals surface area contributed by atoms with Gasteiger partial charge in [-0.1, -0.05) is 12.2 Å². The Bertz CT molecular complexity index is 759. The number of fused-ring (bicyclic) bond motifs is 1. The number of aliphatic carboxylic acids is 1. The van der Waals surface area contributed by atoms with E-state index in [1.807, 2.05) is 0 Å². The van der Waals surface area contributed by atoms with E-state index in [0.717, 1.165) is 0 Å². The van der Waals surface area contributed by atoms with Crippen molar-refractivity contribution in [3.63, 3.8) is 0 Å². The molecule has 2 saturated heterocycles. The molecule has 4 rings (SSSR count). The molecule has 126 valence electrons. The maximum absolute atomic E-state index is 12.9. The van der Waals surface area contributed by atoms with Gasteiger partial charge < -0.3 is 29.0 Å². The minimum Gasteiger partial charge on any atom is -0.550 e. The third-order valence-corrected chi connectivity index (χ3v) is 5.05. The fraction of sp³-hybridized carbons (Fsp3) is 0.412. The number of methoxy groups -OCH3 is 2. The predicted molar refractivity (Wildman–Crippen MR) is 80.6 cm³/mol. The van der Waals surface area contributed by atoms with Gasteiger partial charge >= 0.3 is 0 Å². The van der Waals surface area contributed by atoms with E-state index in [4.69, 9.17) is 14.2 Å². The highest BCUT2D eigenvalue weighted by Gasteiger charge is 2.65. The summed E-state index contributed by atoms with van der Waals surface area (Å²) in [4.78, 5) is 26.0. The van der Waals surface area contributed by atoms with E-state index in [9.17, 15) is 14.7 Å². The van der Waals surface area contributed by atoms with E-state index < -0.39 is 29.5 Å². The molecule has 0 saturated carbocycles. The number of rotatable bonds is 4. The summed E-state index contributed by atoms with van der Waals surface area (Å²) in [5.74, 6) is -2.21. The third kappa shape index (κ3) is 1.81. The Balaban J connectivity index is 1.74. The van der Waals surface area contributed by atoms with E-state index in [-0.39, 0.29) is 12.5 Å². The minimum atomic E-state index is -1.26. The van der Waals surface area contributed by atoms with Crippen LogP contribution in [0.5, 0.6) is 11.5 Å². The summed E-state index contributed by atoms with van der Waals surface area (Å²) in [7, 11) is 3.05. The van der Waals surface area contributed by atoms with Gasteiger partial charge in [0.15, 0.2) is 0 Å². The van der Waals surface area contributed by atoms with Crippen LogP contribution in [0.25, 0.3) is 0 Å². The van der Waals surface area contributed by atoms with Gasteiger partial charge in [0.05, 0.1) is 38.5 Å². The number of ether oxygens (including phenoxy) is 3. The molecule has 1 spiro atoms. The molecule has 3 heterocycles. The molecule has 2 bridgehead atoms. The first-order valence-electron chi connectivity index (χ1n) is 7.62. The lowest BCUT2D eigenvalue weighted by molar-refractivity contribution is -0.313. The van der Waals surface area contributed by atoms with Crippen molar-refractivity contribution in [2.24, 2.45) is 11.8 Å². The van der Waals surface area contributed by atoms with Crippen LogP contribution >= 0.6 is 0 Å². The van der Waals surface area contributed by atoms with Gasteiger partial charge in [-0.2, -0.15) is 0 Å². The van der Waals surface area contributed by atoms with Crippen LogP contribution in [0.2, 0.25) is 0 Å². The van der Waals surface area contributed by atoms with Crippen LogP contribution in [-0.2, 0) is 14.3 Å². The van der Waals surface area contributed by atoms with Gasteiger partial charge in [0.2, 0.25) is 5.91 Å². The zero-order valence-electron chi connectivity index (χ0n) is 13.2. The number of hydrogen-bond acceptors (Lipinski definition) is 6. The second kappa shape index (κ2) is 4.98. The van der Waals surface area contributed by atoms with Gasteiger partial charge in [-0.05, 0) is 12.1 Å². The number of amides is 1. The van der Waals surface area contributed by atoms with Gasteiger partial charge in [0.1, 0.15) is 17.1 Å². The molecule has 2 fully saturated rings. The molecule has 1 amide bonds. The molecule has 0 N–H and O–H groups in total. The highest BCUT2D eigenvalue weighted by Crippen LogP contribution is 2.53. The van der Waals surface area contributed by atoms with Crippen molar-refractivity contribution in [1.29, 1.82) is 0 Å². The molecule has 1 aromatic rings. The smallest absolute Gasteiger partial charge is 0.234 e. The van der Waals surface area contributed by atoms with E-state index >= 15 is 0 Å². The minimum absolute atomic E-state index is 0.246. The standard InChI is InChI=1S/C17H17NO6/c1-22-9-3-4-10(12(7-9)23-2)18-8-17-6-5-11(24-17)13(16(20)21)14(17)15(18)19/h3-7,11,13-14H,8H2,1-2H3,(H,20,21)/p-1/t11-,13-,14-,17+/m1/s1. The average molecular weight is 330 g/mol. The maximum Gasteiger partial charge on any atom is 0.234 e. The number of carboxylic acid groups (broad SMARTS) is 1. The number of anilines is 1. The Kier molecular flexibility index (Phi) is 3.11. The van der Waals surface area contributed by atoms with Crippen molar-refractivity contribution in [3.05, 3.63) is 30.4 Å². The average Bonchev–Trinajstić information content (AvgIpc) is 3.22. The first-order chi connectivity index (χ1) is 11.5. The SMILES string of the molecule is COc1ccc(N2C[C@]34C=C[C@@H](O3)[C@@H](C(=O)[O-])[C@@H]4C2=O)c(OC)c1. The van der Waals surface area contributed by atoms with Crippen molar-refractivity contribution in [1.82, 2.24) is 0 Å². The Morgan fingerprint density at radius 1 is 1.38 bits per heavy atom. The van der Waals surface area contributed by atoms with Crippen LogP contribution in [0.15, 0.2) is 30.4 Å². The Labute approximate surface area is 138 Å². The highest BCUT2D eigenvalue weighted by atomic mass is 16.5. The Hall–Kier alpha value is -2.54. The Morgan fingerprint density at radius 3 is 2.83 bits per heavy atom. The maximum atomic E-state index is 12.9. The summed E-state index contributed by atoms with van der Waals surface area (Å²) >= 11 is 0. The number of carbonyl (C=O) groups excluding carboxylic acids is 2. The molecule has 0 aromatic heterocycles. The van der Waals surface area contributed by atoms with Crippen molar-refractivity contribution < 1.29 is 28.9 Å². The molecule has 1 aromatic carbocycles. The van der Waals surface area contributed by atoms with Crippen LogP contribution in [0.4, 0.5) is 5.69 Å². The molecule has 0 aliphatic carbocycles. The van der Waals surface area contributed by atoms with Crippen LogP contribution in [0.1, 0.15) is 0 Å². The summed E-state index contributed by atoms with van der Waals surface area (Å²) < 4.78 is 16.4. The highest BCUT2D eigenvalue weighted by molar-refractivity contribution is 6.03. The quantitative estimate of drug-likeness (QED) is 0.707. The third-order valence-electron chi connectivity index (χ3n) is 5.05. The summed E-state index contributed by atoms with van der Waals surface area (Å²) in [6.45, 7) is 0.246. The summed E-state index contributed by atoms with van der Waals surface area (Å²) in [5, 5.41) is 11.5. The molecule has 3 aliphatic rings. The van der Waals surface area contributed by atoms with Crippen molar-refractivity contribution in [2.45, 2.75) is 11.7 Å². The zero-order valence-corrected chi connectivity index (χ0v) is 13.2. The number of carbonyl (C=O) groups is 2. The number of nitrogens with zero attached hydrogens (tertiary/aromatic N) is 1. The van der Waals surface area contributed by atoms with E-state index in [0.29, 0.717) is 17.2 Å².